The predicted molar refractivity (Wildman–Crippen MR) is 108 cm³/mol. The van der Waals surface area contributed by atoms with Crippen molar-refractivity contribution < 1.29 is 19.7 Å². The smallest absolute Gasteiger partial charge is 0.335 e. The van der Waals surface area contributed by atoms with Crippen molar-refractivity contribution in [1.82, 2.24) is 0 Å². The highest BCUT2D eigenvalue weighted by atomic mass is 16.4. The summed E-state index contributed by atoms with van der Waals surface area (Å²) < 4.78 is 5.15. The Balaban J connectivity index is 1.50. The quantitative estimate of drug-likeness (QED) is 0.671. The van der Waals surface area contributed by atoms with Crippen molar-refractivity contribution >= 4 is 0 Å². The van der Waals surface area contributed by atoms with Crippen LogP contribution in [0.4, 0.5) is 0 Å². The molecule has 1 aromatic rings. The van der Waals surface area contributed by atoms with Crippen LogP contribution in [0.15, 0.2) is 27.6 Å². The van der Waals surface area contributed by atoms with Crippen molar-refractivity contribution in [1.29, 1.82) is 0 Å². The van der Waals surface area contributed by atoms with Gasteiger partial charge in [0.05, 0.1) is 24.1 Å². The Labute approximate surface area is 172 Å². The number of aliphatic hydroxyl groups is 3. The fourth-order valence-electron chi connectivity index (χ4n) is 8.37. The molecule has 0 bridgehead atoms. The Kier molecular flexibility index (Phi) is 4.37. The van der Waals surface area contributed by atoms with Gasteiger partial charge in [0.25, 0.3) is 0 Å². The lowest BCUT2D eigenvalue weighted by atomic mass is 9.42. The molecule has 4 fully saturated rings. The van der Waals surface area contributed by atoms with E-state index in [1.165, 1.54) is 6.07 Å². The van der Waals surface area contributed by atoms with E-state index in [4.69, 9.17) is 4.42 Å². The second-order valence-electron chi connectivity index (χ2n) is 10.9. The maximum atomic E-state index is 12.2. The molecule has 0 amide bonds. The Morgan fingerprint density at radius 2 is 1.79 bits per heavy atom. The highest BCUT2D eigenvalue weighted by Crippen LogP contribution is 2.70. The highest BCUT2D eigenvalue weighted by Gasteiger charge is 2.68. The van der Waals surface area contributed by atoms with Crippen LogP contribution in [0.5, 0.6) is 0 Å². The van der Waals surface area contributed by atoms with Crippen LogP contribution in [-0.4, -0.2) is 33.1 Å². The molecule has 4 saturated carbocycles. The summed E-state index contributed by atoms with van der Waals surface area (Å²) in [6.07, 6.45) is 7.40. The molecule has 5 nitrogen and oxygen atoms in total. The first-order valence-electron chi connectivity index (χ1n) is 11.4. The van der Waals surface area contributed by atoms with Gasteiger partial charge in [0.2, 0.25) is 0 Å². The molecule has 1 heterocycles. The van der Waals surface area contributed by atoms with Gasteiger partial charge in [0, 0.05) is 11.5 Å². The van der Waals surface area contributed by atoms with Crippen LogP contribution in [0.3, 0.4) is 0 Å². The third kappa shape index (κ3) is 2.53. The van der Waals surface area contributed by atoms with E-state index in [2.05, 4.69) is 13.8 Å². The molecule has 5 heteroatoms. The first-order chi connectivity index (χ1) is 13.7. The van der Waals surface area contributed by atoms with E-state index in [1.807, 2.05) is 6.07 Å². The summed E-state index contributed by atoms with van der Waals surface area (Å²) in [5.41, 5.74) is -0.564. The summed E-state index contributed by atoms with van der Waals surface area (Å²) in [4.78, 5) is 11.4. The summed E-state index contributed by atoms with van der Waals surface area (Å²) >= 11 is 0. The summed E-state index contributed by atoms with van der Waals surface area (Å²) in [5.74, 6) is 0.972. The van der Waals surface area contributed by atoms with E-state index < -0.39 is 17.8 Å². The van der Waals surface area contributed by atoms with Crippen LogP contribution in [0.2, 0.25) is 0 Å². The van der Waals surface area contributed by atoms with Crippen molar-refractivity contribution in [3.8, 4) is 0 Å². The normalized spacial score (nSPS) is 51.8. The molecule has 0 aliphatic heterocycles. The molecule has 0 spiro atoms. The minimum Gasteiger partial charge on any atom is -0.431 e. The lowest BCUT2D eigenvalue weighted by Crippen LogP contribution is -2.64. The number of rotatable bonds is 1. The molecule has 5 rings (SSSR count). The maximum absolute atomic E-state index is 12.2. The number of fused-ring (bicyclic) bond motifs is 5. The zero-order valence-corrected chi connectivity index (χ0v) is 17.5. The maximum Gasteiger partial charge on any atom is 0.335 e. The molecule has 2 unspecified atom stereocenters. The molecule has 160 valence electrons. The topological polar surface area (TPSA) is 90.9 Å². The molecule has 29 heavy (non-hydrogen) atoms. The molecule has 0 saturated heterocycles. The van der Waals surface area contributed by atoms with Crippen LogP contribution < -0.4 is 5.63 Å². The highest BCUT2D eigenvalue weighted by molar-refractivity contribution is 5.27. The van der Waals surface area contributed by atoms with Gasteiger partial charge in [-0.15, -0.1) is 0 Å². The fourth-order valence-corrected chi connectivity index (χ4v) is 8.37. The van der Waals surface area contributed by atoms with Crippen molar-refractivity contribution in [2.45, 2.75) is 88.9 Å². The van der Waals surface area contributed by atoms with Gasteiger partial charge in [-0.25, -0.2) is 4.79 Å². The zero-order chi connectivity index (χ0) is 20.6. The molecule has 9 atom stereocenters. The molecule has 0 radical (unpaired) electrons. The van der Waals surface area contributed by atoms with E-state index in [-0.39, 0.29) is 34.2 Å². The van der Waals surface area contributed by atoms with Gasteiger partial charge in [0.1, 0.15) is 0 Å². The fraction of sp³-hybridized carbons (Fsp3) is 0.792. The average Bonchev–Trinajstić information content (AvgIpc) is 2.95. The summed E-state index contributed by atoms with van der Waals surface area (Å²) in [6.45, 7) is 4.44. The summed E-state index contributed by atoms with van der Waals surface area (Å²) in [7, 11) is 0. The second kappa shape index (κ2) is 6.41. The van der Waals surface area contributed by atoms with Gasteiger partial charge < -0.3 is 19.7 Å². The number of hydrogen-bond acceptors (Lipinski definition) is 5. The van der Waals surface area contributed by atoms with Crippen LogP contribution in [0.1, 0.15) is 76.7 Å². The lowest BCUT2D eigenvalue weighted by molar-refractivity contribution is -0.229. The Morgan fingerprint density at radius 3 is 2.52 bits per heavy atom. The van der Waals surface area contributed by atoms with Crippen LogP contribution >= 0.6 is 0 Å². The van der Waals surface area contributed by atoms with Gasteiger partial charge in [-0.2, -0.15) is 0 Å². The third-order valence-corrected chi connectivity index (χ3v) is 10.0. The first kappa shape index (κ1) is 19.8. The third-order valence-electron chi connectivity index (χ3n) is 10.0. The standard InChI is InChI=1S/C24H34O5/c1-22-9-7-18-19(5-4-15-11-16(25)12-20(26)23(15,18)2)24(22,28)10-8-17(22)14-3-6-21(27)29-13-14/h3,6,13,15-20,25-26,28H,4-5,7-12H2,1-2H3/t15-,16-,17-,18?,19?,20-,22-,23+,24+/m1/s1. The second-order valence-corrected chi connectivity index (χ2v) is 10.9. The van der Waals surface area contributed by atoms with Gasteiger partial charge in [-0.1, -0.05) is 13.8 Å². The molecular formula is C24H34O5. The minimum atomic E-state index is -0.763. The predicted octanol–water partition coefficient (Wildman–Crippen LogP) is 3.21. The summed E-state index contributed by atoms with van der Waals surface area (Å²) in [6, 6.07) is 3.35. The Morgan fingerprint density at radius 1 is 1.00 bits per heavy atom. The van der Waals surface area contributed by atoms with Crippen molar-refractivity contribution in [3.05, 3.63) is 34.4 Å². The molecule has 1 aromatic heterocycles. The molecule has 4 aliphatic carbocycles. The molecular weight excluding hydrogens is 368 g/mol. The van der Waals surface area contributed by atoms with Crippen molar-refractivity contribution in [2.75, 3.05) is 0 Å². The molecule has 0 aromatic carbocycles. The zero-order valence-electron chi connectivity index (χ0n) is 17.5. The van der Waals surface area contributed by atoms with Crippen molar-refractivity contribution in [2.24, 2.45) is 28.6 Å². The lowest BCUT2D eigenvalue weighted by Gasteiger charge is -2.64. The minimum absolute atomic E-state index is 0.174. The van der Waals surface area contributed by atoms with E-state index in [0.717, 1.165) is 50.5 Å². The van der Waals surface area contributed by atoms with E-state index in [9.17, 15) is 20.1 Å². The Bertz CT molecular complexity index is 829. The molecule has 3 N–H and O–H groups in total. The first-order valence-corrected chi connectivity index (χ1v) is 11.4. The van der Waals surface area contributed by atoms with Gasteiger partial charge >= 0.3 is 5.63 Å². The van der Waals surface area contributed by atoms with Gasteiger partial charge in [-0.05, 0) is 92.1 Å². The van der Waals surface area contributed by atoms with Crippen molar-refractivity contribution in [3.63, 3.8) is 0 Å². The Hall–Kier alpha value is -1.17. The van der Waals surface area contributed by atoms with Crippen LogP contribution in [0.25, 0.3) is 0 Å². The van der Waals surface area contributed by atoms with Gasteiger partial charge in [-0.3, -0.25) is 0 Å². The average molecular weight is 403 g/mol. The largest absolute Gasteiger partial charge is 0.431 e. The molecule has 4 aliphatic rings. The van der Waals surface area contributed by atoms with E-state index in [0.29, 0.717) is 12.3 Å². The number of hydrogen-bond donors (Lipinski definition) is 3. The van der Waals surface area contributed by atoms with Gasteiger partial charge in [0.15, 0.2) is 0 Å². The number of aliphatic hydroxyl groups excluding tert-OH is 2. The van der Waals surface area contributed by atoms with E-state index >= 15 is 0 Å². The summed E-state index contributed by atoms with van der Waals surface area (Å²) in [5, 5.41) is 33.4. The van der Waals surface area contributed by atoms with E-state index in [1.54, 1.807) is 6.26 Å². The van der Waals surface area contributed by atoms with Crippen LogP contribution in [0, 0.1) is 28.6 Å². The monoisotopic (exact) mass is 402 g/mol. The SMILES string of the molecule is C[C@@]12C3CC[C@]4(C)[C@@H](c5ccc(=O)oc5)CC[C@]4(O)C3CC[C@@H]1C[C@@H](O)C[C@H]2O. The van der Waals surface area contributed by atoms with Crippen LogP contribution in [-0.2, 0) is 0 Å².